The number of carbonyl (C=O) groups excluding carboxylic acids is 10. The number of fused-ring (bicyclic) bond motifs is 1. The van der Waals surface area contributed by atoms with E-state index in [9.17, 15) is 43.2 Å². The molecule has 79 heavy (non-hydrogen) atoms. The Kier molecular flexibility index (Phi) is 20.1. The van der Waals surface area contributed by atoms with Crippen molar-refractivity contribution in [1.29, 1.82) is 5.41 Å². The summed E-state index contributed by atoms with van der Waals surface area (Å²) in [7, 11) is 0. The van der Waals surface area contributed by atoms with Crippen LogP contribution in [0.5, 0.6) is 0 Å². The Balaban J connectivity index is 1.27. The standard InChI is InChI=1S/C53H70N16O10/c1-30(70)62-36-15-7-19-58-44(71)26-41(51(78)69-22-10-18-43(69)52(79)68-21-9-17-42(68)45(54)72)67-49(76)39(24-32-27-60-35-14-6-5-13-34(32)35)65-47(74)37(16-8-20-59-53(55)56)63-48(75)38(23-31-11-3-2-4-12-31)64-50(77)40(66-46(36)73)25-33-28-57-29-61-33/h2-6,11-14,27-29,36-43,60H,7-10,15-26H2,1H3,(H2,54,72)(H,57,61)(H,58,71)(H,62,70)(H,63,75)(H,64,77)(H,65,74)(H,66,73)(H,67,76)(H4,55,56,59)/t36-,37-,38+,39-,40-,41-,42-,43-/m0/s1. The zero-order valence-electron chi connectivity index (χ0n) is 43.9. The maximum Gasteiger partial charge on any atom is 0.246 e. The van der Waals surface area contributed by atoms with E-state index in [1.54, 1.807) is 42.6 Å². The number of nitrogens with two attached hydrogens (primary N) is 2. The van der Waals surface area contributed by atoms with Gasteiger partial charge in [0.05, 0.1) is 18.4 Å². The van der Waals surface area contributed by atoms with E-state index >= 15 is 4.79 Å². The summed E-state index contributed by atoms with van der Waals surface area (Å²) in [5, 5.41) is 30.2. The predicted octanol–water partition coefficient (Wildman–Crippen LogP) is -2.12. The van der Waals surface area contributed by atoms with E-state index in [-0.39, 0.29) is 83.5 Å². The normalized spacial score (nSPS) is 24.1. The van der Waals surface area contributed by atoms with Crippen LogP contribution in [0, 0.1) is 5.41 Å². The van der Waals surface area contributed by atoms with Crippen LogP contribution in [0.3, 0.4) is 0 Å². The van der Waals surface area contributed by atoms with Crippen molar-refractivity contribution in [2.24, 2.45) is 11.5 Å². The van der Waals surface area contributed by atoms with Gasteiger partial charge in [-0.3, -0.25) is 53.4 Å². The van der Waals surface area contributed by atoms with Crippen molar-refractivity contribution in [3.8, 4) is 0 Å². The van der Waals surface area contributed by atoms with E-state index in [0.717, 1.165) is 5.52 Å². The number of amides is 10. The number of aromatic amines is 2. The molecular formula is C53H70N16O10. The molecule has 0 spiro atoms. The third kappa shape index (κ3) is 15.9. The summed E-state index contributed by atoms with van der Waals surface area (Å²) in [4.78, 5) is 154. The molecule has 3 saturated heterocycles. The lowest BCUT2D eigenvalue weighted by Gasteiger charge is -2.33. The fraction of sp³-hybridized carbons (Fsp3) is 0.472. The summed E-state index contributed by atoms with van der Waals surface area (Å²) in [6.45, 7) is 1.55. The molecule has 5 heterocycles. The molecule has 422 valence electrons. The number of benzene rings is 2. The summed E-state index contributed by atoms with van der Waals surface area (Å²) >= 11 is 0. The maximum absolute atomic E-state index is 15.0. The second kappa shape index (κ2) is 27.5. The summed E-state index contributed by atoms with van der Waals surface area (Å²) in [5.74, 6) is -7.70. The van der Waals surface area contributed by atoms with E-state index in [1.807, 2.05) is 18.2 Å². The van der Waals surface area contributed by atoms with Gasteiger partial charge < -0.3 is 73.8 Å². The molecule has 2 aromatic heterocycles. The first-order valence-electron chi connectivity index (χ1n) is 26.6. The predicted molar refractivity (Wildman–Crippen MR) is 286 cm³/mol. The van der Waals surface area contributed by atoms with Crippen LogP contribution in [0.2, 0.25) is 0 Å². The molecule has 0 unspecified atom stereocenters. The highest BCUT2D eigenvalue weighted by atomic mass is 16.2. The van der Waals surface area contributed by atoms with Gasteiger partial charge in [0.25, 0.3) is 0 Å². The minimum absolute atomic E-state index is 0.0422. The number of primary amides is 1. The van der Waals surface area contributed by atoms with Gasteiger partial charge in [-0.05, 0) is 68.6 Å². The molecule has 0 radical (unpaired) electrons. The second-order valence-corrected chi connectivity index (χ2v) is 20.0. The van der Waals surface area contributed by atoms with Crippen LogP contribution >= 0.6 is 0 Å². The third-order valence-corrected chi connectivity index (χ3v) is 14.2. The molecule has 7 rings (SSSR count). The summed E-state index contributed by atoms with van der Waals surface area (Å²) in [5.41, 5.74) is 13.5. The van der Waals surface area contributed by atoms with Crippen LogP contribution in [-0.2, 0) is 67.2 Å². The number of nitrogens with one attached hydrogen (secondary N) is 11. The Morgan fingerprint density at radius 3 is 2.00 bits per heavy atom. The second-order valence-electron chi connectivity index (χ2n) is 20.0. The molecule has 2 aromatic carbocycles. The molecule has 0 bridgehead atoms. The van der Waals surface area contributed by atoms with Gasteiger partial charge in [0, 0.05) is 75.7 Å². The molecule has 4 aromatic rings. The van der Waals surface area contributed by atoms with Crippen molar-refractivity contribution in [3.05, 3.63) is 90.1 Å². The third-order valence-electron chi connectivity index (χ3n) is 14.2. The fourth-order valence-corrected chi connectivity index (χ4v) is 10.3. The number of hydrogen-bond acceptors (Lipinski definition) is 12. The van der Waals surface area contributed by atoms with Crippen LogP contribution in [0.1, 0.15) is 81.5 Å². The van der Waals surface area contributed by atoms with Gasteiger partial charge in [-0.15, -0.1) is 0 Å². The van der Waals surface area contributed by atoms with E-state index < -0.39 is 114 Å². The number of guanidine groups is 1. The first-order valence-corrected chi connectivity index (χ1v) is 26.6. The number of carbonyl (C=O) groups is 10. The zero-order chi connectivity index (χ0) is 56.6. The Hall–Kier alpha value is -8.84. The first-order chi connectivity index (χ1) is 37.9. The van der Waals surface area contributed by atoms with E-state index in [4.69, 9.17) is 16.9 Å². The van der Waals surface area contributed by atoms with Crippen LogP contribution < -0.4 is 54.0 Å². The van der Waals surface area contributed by atoms with Gasteiger partial charge >= 0.3 is 0 Å². The van der Waals surface area contributed by atoms with Crippen molar-refractivity contribution in [2.45, 2.75) is 132 Å². The Labute approximate surface area is 455 Å². The highest BCUT2D eigenvalue weighted by Gasteiger charge is 2.44. The largest absolute Gasteiger partial charge is 0.370 e. The smallest absolute Gasteiger partial charge is 0.246 e. The fourth-order valence-electron chi connectivity index (χ4n) is 10.3. The molecule has 15 N–H and O–H groups in total. The van der Waals surface area contributed by atoms with Gasteiger partial charge in [-0.2, -0.15) is 0 Å². The number of likely N-dealkylation sites (tertiary alicyclic amines) is 2. The van der Waals surface area contributed by atoms with E-state index in [1.165, 1.54) is 29.2 Å². The first kappa shape index (κ1) is 57.9. The number of rotatable bonds is 14. The summed E-state index contributed by atoms with van der Waals surface area (Å²) in [6, 6.07) is 5.59. The molecule has 26 heteroatoms. The lowest BCUT2D eigenvalue weighted by atomic mass is 10.0. The zero-order valence-corrected chi connectivity index (χ0v) is 43.9. The van der Waals surface area contributed by atoms with Crippen molar-refractivity contribution in [3.63, 3.8) is 0 Å². The van der Waals surface area contributed by atoms with Crippen LogP contribution in [0.4, 0.5) is 0 Å². The van der Waals surface area contributed by atoms with Crippen LogP contribution in [0.25, 0.3) is 10.9 Å². The number of H-pyrrole nitrogens is 2. The van der Waals surface area contributed by atoms with Gasteiger partial charge in [0.2, 0.25) is 59.1 Å². The summed E-state index contributed by atoms with van der Waals surface area (Å²) < 4.78 is 0. The monoisotopic (exact) mass is 1090 g/mol. The quantitative estimate of drug-likeness (QED) is 0.0366. The molecule has 0 saturated carbocycles. The van der Waals surface area contributed by atoms with Gasteiger partial charge in [0.1, 0.15) is 48.3 Å². The molecule has 8 atom stereocenters. The highest BCUT2D eigenvalue weighted by molar-refractivity contribution is 6.00. The van der Waals surface area contributed by atoms with Gasteiger partial charge in [0.15, 0.2) is 5.96 Å². The lowest BCUT2D eigenvalue weighted by molar-refractivity contribution is -0.148. The molecule has 0 aliphatic carbocycles. The molecule has 3 fully saturated rings. The molecular weight excluding hydrogens is 1020 g/mol. The van der Waals surface area contributed by atoms with E-state index in [2.05, 4.69) is 57.5 Å². The number of imidazole rings is 1. The minimum atomic E-state index is -1.62. The van der Waals surface area contributed by atoms with Gasteiger partial charge in [-0.25, -0.2) is 4.98 Å². The number of para-hydroxylation sites is 1. The summed E-state index contributed by atoms with van der Waals surface area (Å²) in [6.07, 6.45) is 5.14. The van der Waals surface area contributed by atoms with Crippen molar-refractivity contribution in [1.82, 2.24) is 67.3 Å². The average molecular weight is 1090 g/mol. The Bertz CT molecular complexity index is 2860. The Morgan fingerprint density at radius 1 is 0.696 bits per heavy atom. The minimum Gasteiger partial charge on any atom is -0.370 e. The van der Waals surface area contributed by atoms with Crippen LogP contribution in [-0.4, -0.2) is 164 Å². The molecule has 3 aliphatic rings. The number of nitrogens with zero attached hydrogens (tertiary/aromatic N) is 3. The van der Waals surface area contributed by atoms with Crippen LogP contribution in [0.15, 0.2) is 73.3 Å². The lowest BCUT2D eigenvalue weighted by Crippen LogP contribution is -2.61. The van der Waals surface area contributed by atoms with Crippen molar-refractivity contribution < 1.29 is 47.9 Å². The Morgan fingerprint density at radius 2 is 1.32 bits per heavy atom. The SMILES string of the molecule is CC(=O)N[C@H]1CCCNC(=O)C[C@@H](C(=O)N2CCC[C@H]2C(=O)N2CCC[C@H]2C(N)=O)NC(=O)[C@H](Cc2c[nH]c3ccccc23)NC(=O)[C@H](CCCNC(=N)N)NC(=O)[C@@H](Cc2ccccc2)NC(=O)[C@H](Cc2c[nH]cn2)NC1=O. The van der Waals surface area contributed by atoms with Gasteiger partial charge in [-0.1, -0.05) is 48.5 Å². The topological polar surface area (TPSA) is 394 Å². The number of aromatic nitrogens is 3. The van der Waals surface area contributed by atoms with Crippen molar-refractivity contribution >= 4 is 75.9 Å². The molecule has 3 aliphatic heterocycles. The maximum atomic E-state index is 15.0. The van der Waals surface area contributed by atoms with E-state index in [0.29, 0.717) is 41.5 Å². The average Bonchev–Trinajstić information content (AvgIpc) is 4.31. The number of hydrogen-bond donors (Lipinski definition) is 13. The molecule has 10 amide bonds. The molecule has 26 nitrogen and oxygen atoms in total. The highest BCUT2D eigenvalue weighted by Crippen LogP contribution is 2.26. The van der Waals surface area contributed by atoms with Crippen molar-refractivity contribution in [2.75, 3.05) is 26.2 Å².